The SMILES string of the molecule is N=C(c1ccc(Cl)cc1)C(C(=O)c1cccc(Cl)c1)C(O)c1cncnc1. The molecule has 2 atom stereocenters. The molecule has 0 saturated carbocycles. The molecule has 2 unspecified atom stereocenters. The molecule has 0 bridgehead atoms. The Morgan fingerprint density at radius 3 is 2.26 bits per heavy atom. The molecule has 0 saturated heterocycles. The maximum atomic E-state index is 13.2. The summed E-state index contributed by atoms with van der Waals surface area (Å²) in [6.45, 7) is 0. The first-order chi connectivity index (χ1) is 13.0. The number of benzene rings is 2. The average molecular weight is 400 g/mol. The van der Waals surface area contributed by atoms with E-state index in [0.29, 0.717) is 26.7 Å². The second kappa shape index (κ2) is 8.39. The molecule has 7 heteroatoms. The van der Waals surface area contributed by atoms with Gasteiger partial charge in [-0.3, -0.25) is 4.79 Å². The first-order valence-corrected chi connectivity index (χ1v) is 8.80. The second-order valence-corrected chi connectivity index (χ2v) is 6.76. The Hall–Kier alpha value is -2.60. The summed E-state index contributed by atoms with van der Waals surface area (Å²) in [4.78, 5) is 20.9. The number of hydrogen-bond donors (Lipinski definition) is 2. The van der Waals surface area contributed by atoms with Crippen LogP contribution in [0.1, 0.15) is 27.6 Å². The zero-order valence-corrected chi connectivity index (χ0v) is 15.5. The third kappa shape index (κ3) is 4.39. The molecule has 0 aliphatic rings. The largest absolute Gasteiger partial charge is 0.387 e. The van der Waals surface area contributed by atoms with Crippen molar-refractivity contribution in [2.24, 2.45) is 5.92 Å². The molecule has 2 aromatic carbocycles. The molecule has 0 fully saturated rings. The number of nitrogens with one attached hydrogen (secondary N) is 1. The molecule has 1 heterocycles. The number of ketones is 1. The van der Waals surface area contributed by atoms with Gasteiger partial charge in [0.2, 0.25) is 0 Å². The summed E-state index contributed by atoms with van der Waals surface area (Å²) < 4.78 is 0. The topological polar surface area (TPSA) is 86.9 Å². The van der Waals surface area contributed by atoms with Gasteiger partial charge in [0.1, 0.15) is 6.33 Å². The van der Waals surface area contributed by atoms with E-state index in [0.717, 1.165) is 0 Å². The quantitative estimate of drug-likeness (QED) is 0.475. The number of rotatable bonds is 6. The highest BCUT2D eigenvalue weighted by atomic mass is 35.5. The van der Waals surface area contributed by atoms with Crippen LogP contribution in [0.4, 0.5) is 0 Å². The van der Waals surface area contributed by atoms with Crippen LogP contribution in [0.3, 0.4) is 0 Å². The van der Waals surface area contributed by atoms with Gasteiger partial charge in [0.25, 0.3) is 0 Å². The first-order valence-electron chi connectivity index (χ1n) is 8.04. The van der Waals surface area contributed by atoms with Gasteiger partial charge in [-0.2, -0.15) is 0 Å². The van der Waals surface area contributed by atoms with E-state index in [1.807, 2.05) is 0 Å². The Kier molecular flexibility index (Phi) is 5.96. The molecule has 27 heavy (non-hydrogen) atoms. The van der Waals surface area contributed by atoms with E-state index in [-0.39, 0.29) is 5.71 Å². The molecule has 0 amide bonds. The molecule has 0 radical (unpaired) electrons. The molecule has 5 nitrogen and oxygen atoms in total. The number of aliphatic hydroxyl groups is 1. The number of Topliss-reactive ketones (excluding diaryl/α,β-unsaturated/α-hetero) is 1. The van der Waals surface area contributed by atoms with E-state index < -0.39 is 17.8 Å². The van der Waals surface area contributed by atoms with E-state index >= 15 is 0 Å². The number of halogens is 2. The van der Waals surface area contributed by atoms with Crippen molar-refractivity contribution in [3.63, 3.8) is 0 Å². The van der Waals surface area contributed by atoms with Gasteiger partial charge in [0.05, 0.1) is 17.7 Å². The molecule has 0 spiro atoms. The van der Waals surface area contributed by atoms with Crippen LogP contribution in [0.25, 0.3) is 0 Å². The molecule has 0 aliphatic carbocycles. The fraction of sp³-hybridized carbons (Fsp3) is 0.100. The molecule has 3 aromatic rings. The fourth-order valence-electron chi connectivity index (χ4n) is 2.72. The molecule has 136 valence electrons. The Labute approximate surface area is 166 Å². The maximum absolute atomic E-state index is 13.2. The number of carbonyl (C=O) groups is 1. The van der Waals surface area contributed by atoms with Gasteiger partial charge in [-0.05, 0) is 29.8 Å². The van der Waals surface area contributed by atoms with Crippen molar-refractivity contribution in [1.29, 1.82) is 5.41 Å². The monoisotopic (exact) mass is 399 g/mol. The third-order valence-electron chi connectivity index (χ3n) is 4.10. The predicted octanol–water partition coefficient (Wildman–Crippen LogP) is 4.38. The van der Waals surface area contributed by atoms with Gasteiger partial charge in [0, 0.05) is 33.6 Å². The van der Waals surface area contributed by atoms with Crippen molar-refractivity contribution < 1.29 is 9.90 Å². The lowest BCUT2D eigenvalue weighted by atomic mass is 9.83. The summed E-state index contributed by atoms with van der Waals surface area (Å²) in [5, 5.41) is 20.4. The summed E-state index contributed by atoms with van der Waals surface area (Å²) in [7, 11) is 0. The predicted molar refractivity (Wildman–Crippen MR) is 105 cm³/mol. The van der Waals surface area contributed by atoms with E-state index in [1.165, 1.54) is 24.8 Å². The minimum atomic E-state index is -1.29. The van der Waals surface area contributed by atoms with Crippen LogP contribution < -0.4 is 0 Å². The van der Waals surface area contributed by atoms with Crippen LogP contribution in [-0.2, 0) is 0 Å². The number of hydrogen-bond acceptors (Lipinski definition) is 5. The standard InChI is InChI=1S/C20H15Cl2N3O2/c21-15-6-4-12(5-7-15)18(23)17(20(27)14-9-24-11-25-10-14)19(26)13-2-1-3-16(22)8-13/h1-11,17,20,23,27H. The van der Waals surface area contributed by atoms with Crippen molar-refractivity contribution in [1.82, 2.24) is 9.97 Å². The normalized spacial score (nSPS) is 13.0. The smallest absolute Gasteiger partial charge is 0.174 e. The molecule has 3 rings (SSSR count). The van der Waals surface area contributed by atoms with Gasteiger partial charge >= 0.3 is 0 Å². The van der Waals surface area contributed by atoms with Crippen molar-refractivity contribution >= 4 is 34.7 Å². The Balaban J connectivity index is 2.04. The Morgan fingerprint density at radius 1 is 0.963 bits per heavy atom. The van der Waals surface area contributed by atoms with Crippen LogP contribution in [0.2, 0.25) is 10.0 Å². The van der Waals surface area contributed by atoms with Crippen molar-refractivity contribution in [2.75, 3.05) is 0 Å². The third-order valence-corrected chi connectivity index (χ3v) is 4.58. The minimum Gasteiger partial charge on any atom is -0.387 e. The van der Waals surface area contributed by atoms with Gasteiger partial charge in [0.15, 0.2) is 5.78 Å². The zero-order valence-electron chi connectivity index (χ0n) is 14.0. The zero-order chi connectivity index (χ0) is 19.4. The summed E-state index contributed by atoms with van der Waals surface area (Å²) in [5.41, 5.74) is 1.10. The van der Waals surface area contributed by atoms with Crippen LogP contribution >= 0.6 is 23.2 Å². The summed E-state index contributed by atoms with van der Waals surface area (Å²) in [5.74, 6) is -1.58. The summed E-state index contributed by atoms with van der Waals surface area (Å²) in [6.07, 6.45) is 2.88. The molecule has 2 N–H and O–H groups in total. The van der Waals surface area contributed by atoms with E-state index in [1.54, 1.807) is 42.5 Å². The molecule has 0 aliphatic heterocycles. The highest BCUT2D eigenvalue weighted by molar-refractivity contribution is 6.31. The van der Waals surface area contributed by atoms with E-state index in [9.17, 15) is 9.90 Å². The lowest BCUT2D eigenvalue weighted by Crippen LogP contribution is -2.31. The number of aliphatic hydroxyl groups excluding tert-OH is 1. The summed E-state index contributed by atoms with van der Waals surface area (Å²) in [6, 6.07) is 12.9. The second-order valence-electron chi connectivity index (χ2n) is 5.89. The van der Waals surface area contributed by atoms with Gasteiger partial charge < -0.3 is 10.5 Å². The fourth-order valence-corrected chi connectivity index (χ4v) is 3.03. The summed E-state index contributed by atoms with van der Waals surface area (Å²) >= 11 is 11.9. The maximum Gasteiger partial charge on any atom is 0.174 e. The van der Waals surface area contributed by atoms with E-state index in [2.05, 4.69) is 9.97 Å². The average Bonchev–Trinajstić information content (AvgIpc) is 2.69. The molecule has 1 aromatic heterocycles. The Morgan fingerprint density at radius 2 is 1.63 bits per heavy atom. The number of aromatic nitrogens is 2. The lowest BCUT2D eigenvalue weighted by Gasteiger charge is -2.23. The van der Waals surface area contributed by atoms with Crippen LogP contribution in [0.5, 0.6) is 0 Å². The lowest BCUT2D eigenvalue weighted by molar-refractivity contribution is 0.0792. The van der Waals surface area contributed by atoms with Gasteiger partial charge in [-0.25, -0.2) is 9.97 Å². The van der Waals surface area contributed by atoms with Crippen LogP contribution in [0, 0.1) is 11.3 Å². The van der Waals surface area contributed by atoms with Gasteiger partial charge in [-0.1, -0.05) is 47.5 Å². The van der Waals surface area contributed by atoms with Crippen molar-refractivity contribution in [3.8, 4) is 0 Å². The van der Waals surface area contributed by atoms with Crippen molar-refractivity contribution in [3.05, 3.63) is 94.0 Å². The Bertz CT molecular complexity index is 962. The van der Waals surface area contributed by atoms with E-state index in [4.69, 9.17) is 28.6 Å². The molecular weight excluding hydrogens is 385 g/mol. The van der Waals surface area contributed by atoms with Crippen molar-refractivity contribution in [2.45, 2.75) is 6.10 Å². The number of nitrogens with zero attached hydrogens (tertiary/aromatic N) is 2. The highest BCUT2D eigenvalue weighted by Crippen LogP contribution is 2.29. The molecular formula is C20H15Cl2N3O2. The minimum absolute atomic E-state index is 0.0343. The van der Waals surface area contributed by atoms with Crippen LogP contribution in [-0.4, -0.2) is 26.6 Å². The first kappa shape index (κ1) is 19.2. The number of carbonyl (C=O) groups excluding carboxylic acids is 1. The highest BCUT2D eigenvalue weighted by Gasteiger charge is 2.34. The van der Waals surface area contributed by atoms with Crippen LogP contribution in [0.15, 0.2) is 67.3 Å². The van der Waals surface area contributed by atoms with Gasteiger partial charge in [-0.15, -0.1) is 0 Å².